The number of aliphatic carboxylic acids is 1. The number of nitrogens with one attached hydrogen (secondary N) is 1. The van der Waals surface area contributed by atoms with E-state index in [0.717, 1.165) is 0 Å². The molecular weight excluding hydrogens is 441 g/mol. The Morgan fingerprint density at radius 2 is 1.84 bits per heavy atom. The Balaban J connectivity index is 3.23. The number of esters is 1. The molecule has 8 heteroatoms. The first-order valence-electron chi connectivity index (χ1n) is 7.55. The van der Waals surface area contributed by atoms with Crippen LogP contribution in [0.4, 0.5) is 0 Å². The van der Waals surface area contributed by atoms with Crippen molar-refractivity contribution in [1.29, 1.82) is 0 Å². The summed E-state index contributed by atoms with van der Waals surface area (Å²) in [5, 5.41) is 11.3. The summed E-state index contributed by atoms with van der Waals surface area (Å²) in [6.45, 7) is 6.40. The smallest absolute Gasteiger partial charge is 0.325 e. The molecule has 1 rings (SSSR count). The van der Waals surface area contributed by atoms with Gasteiger partial charge in [0.2, 0.25) is 5.91 Å². The van der Waals surface area contributed by atoms with Crippen molar-refractivity contribution >= 4 is 40.4 Å². The minimum absolute atomic E-state index is 0.398. The Morgan fingerprint density at radius 3 is 2.28 bits per heavy atom. The van der Waals surface area contributed by atoms with E-state index in [9.17, 15) is 14.4 Å². The van der Waals surface area contributed by atoms with E-state index in [-0.39, 0.29) is 0 Å². The first-order chi connectivity index (χ1) is 11.5. The molecule has 1 amide bonds. The number of benzene rings is 1. The third-order valence-electron chi connectivity index (χ3n) is 3.14. The van der Waals surface area contributed by atoms with Gasteiger partial charge in [0.25, 0.3) is 0 Å². The SMILES string of the molecule is COc1ccc([C@@H](C(=O)NC(C)C(=O)O)C(=O)OC(C)(C)C)cc1I. The van der Waals surface area contributed by atoms with Crippen molar-refractivity contribution in [2.45, 2.75) is 45.3 Å². The van der Waals surface area contributed by atoms with Gasteiger partial charge in [-0.1, -0.05) is 6.07 Å². The number of halogens is 1. The van der Waals surface area contributed by atoms with Crippen molar-refractivity contribution in [2.24, 2.45) is 0 Å². The molecule has 0 radical (unpaired) electrons. The number of ether oxygens (including phenoxy) is 2. The monoisotopic (exact) mass is 463 g/mol. The van der Waals surface area contributed by atoms with E-state index in [2.05, 4.69) is 5.32 Å². The van der Waals surface area contributed by atoms with Gasteiger partial charge in [-0.3, -0.25) is 14.4 Å². The minimum atomic E-state index is -1.28. The van der Waals surface area contributed by atoms with Crippen LogP contribution in [0.25, 0.3) is 0 Å². The van der Waals surface area contributed by atoms with E-state index in [1.165, 1.54) is 14.0 Å². The van der Waals surface area contributed by atoms with Crippen molar-refractivity contribution in [3.8, 4) is 5.75 Å². The number of carboxylic acids is 1. The second-order valence-corrected chi connectivity index (χ2v) is 7.59. The molecule has 25 heavy (non-hydrogen) atoms. The third-order valence-corrected chi connectivity index (χ3v) is 3.99. The van der Waals surface area contributed by atoms with Gasteiger partial charge in [0.1, 0.15) is 17.4 Å². The maximum absolute atomic E-state index is 12.6. The Bertz CT molecular complexity index is 668. The zero-order chi connectivity index (χ0) is 19.4. The van der Waals surface area contributed by atoms with Crippen LogP contribution >= 0.6 is 22.6 Å². The molecule has 0 saturated heterocycles. The fraction of sp³-hybridized carbons (Fsp3) is 0.471. The van der Waals surface area contributed by atoms with Gasteiger partial charge >= 0.3 is 11.9 Å². The number of carbonyl (C=O) groups is 3. The first kappa shape index (κ1) is 21.2. The quantitative estimate of drug-likeness (QED) is 0.382. The molecule has 0 spiro atoms. The summed E-state index contributed by atoms with van der Waals surface area (Å²) in [6, 6.07) is 3.73. The average molecular weight is 463 g/mol. The Morgan fingerprint density at radius 1 is 1.24 bits per heavy atom. The molecule has 2 N–H and O–H groups in total. The van der Waals surface area contributed by atoms with E-state index >= 15 is 0 Å². The van der Waals surface area contributed by atoms with E-state index in [1.807, 2.05) is 22.6 Å². The summed E-state index contributed by atoms with van der Waals surface area (Å²) >= 11 is 2.03. The summed E-state index contributed by atoms with van der Waals surface area (Å²) in [5.41, 5.74) is -0.386. The van der Waals surface area contributed by atoms with E-state index < -0.39 is 35.4 Å². The zero-order valence-corrected chi connectivity index (χ0v) is 16.9. The lowest BCUT2D eigenvalue weighted by Gasteiger charge is -2.24. The molecule has 0 aliphatic heterocycles. The van der Waals surface area contributed by atoms with Crippen molar-refractivity contribution < 1.29 is 29.0 Å². The second-order valence-electron chi connectivity index (χ2n) is 6.43. The van der Waals surface area contributed by atoms with Crippen molar-refractivity contribution in [3.05, 3.63) is 27.3 Å². The Labute approximate surface area is 160 Å². The molecule has 0 aromatic heterocycles. The summed E-state index contributed by atoms with van der Waals surface area (Å²) in [5.74, 6) is -3.35. The highest BCUT2D eigenvalue weighted by Crippen LogP contribution is 2.28. The van der Waals surface area contributed by atoms with Crippen LogP contribution in [0.15, 0.2) is 18.2 Å². The lowest BCUT2D eigenvalue weighted by molar-refractivity contribution is -0.159. The van der Waals surface area contributed by atoms with Crippen LogP contribution in [-0.2, 0) is 19.1 Å². The van der Waals surface area contributed by atoms with E-state index in [4.69, 9.17) is 14.6 Å². The molecule has 0 aliphatic carbocycles. The van der Waals surface area contributed by atoms with Crippen LogP contribution in [0.5, 0.6) is 5.75 Å². The number of methoxy groups -OCH3 is 1. The number of hydrogen-bond donors (Lipinski definition) is 2. The maximum atomic E-state index is 12.6. The molecule has 1 aromatic rings. The van der Waals surface area contributed by atoms with Gasteiger partial charge in [0, 0.05) is 0 Å². The fourth-order valence-corrected chi connectivity index (χ4v) is 2.74. The number of carbonyl (C=O) groups excluding carboxylic acids is 2. The predicted molar refractivity (Wildman–Crippen MR) is 99.5 cm³/mol. The highest BCUT2D eigenvalue weighted by Gasteiger charge is 2.34. The molecule has 0 saturated carbocycles. The first-order valence-corrected chi connectivity index (χ1v) is 8.63. The molecule has 0 bridgehead atoms. The molecule has 1 aromatic carbocycles. The summed E-state index contributed by atoms with van der Waals surface area (Å²) in [7, 11) is 1.52. The molecule has 1 unspecified atom stereocenters. The predicted octanol–water partition coefficient (Wildman–Crippen LogP) is 2.31. The molecule has 2 atom stereocenters. The molecular formula is C17H22INO6. The number of carboxylic acid groups (broad SMARTS) is 1. The number of hydrogen-bond acceptors (Lipinski definition) is 5. The van der Waals surface area contributed by atoms with Crippen LogP contribution in [-0.4, -0.2) is 41.7 Å². The van der Waals surface area contributed by atoms with Gasteiger partial charge in [-0.2, -0.15) is 0 Å². The summed E-state index contributed by atoms with van der Waals surface area (Å²) < 4.78 is 11.2. The maximum Gasteiger partial charge on any atom is 0.325 e. The molecule has 0 aliphatic rings. The lowest BCUT2D eigenvalue weighted by Crippen LogP contribution is -2.44. The number of rotatable bonds is 6. The van der Waals surface area contributed by atoms with Crippen LogP contribution in [0.1, 0.15) is 39.2 Å². The van der Waals surface area contributed by atoms with Gasteiger partial charge in [-0.05, 0) is 68.0 Å². The van der Waals surface area contributed by atoms with Crippen LogP contribution in [0.3, 0.4) is 0 Å². The van der Waals surface area contributed by atoms with E-state index in [1.54, 1.807) is 39.0 Å². The number of amides is 1. The minimum Gasteiger partial charge on any atom is -0.496 e. The van der Waals surface area contributed by atoms with Crippen molar-refractivity contribution in [1.82, 2.24) is 5.32 Å². The Hall–Kier alpha value is -1.84. The molecule has 7 nitrogen and oxygen atoms in total. The van der Waals surface area contributed by atoms with E-state index in [0.29, 0.717) is 14.9 Å². The highest BCUT2D eigenvalue weighted by molar-refractivity contribution is 14.1. The zero-order valence-electron chi connectivity index (χ0n) is 14.8. The van der Waals surface area contributed by atoms with Gasteiger partial charge in [0.05, 0.1) is 10.7 Å². The fourth-order valence-electron chi connectivity index (χ4n) is 1.98. The van der Waals surface area contributed by atoms with Gasteiger partial charge in [-0.15, -0.1) is 0 Å². The topological polar surface area (TPSA) is 102 Å². The lowest BCUT2D eigenvalue weighted by atomic mass is 9.97. The van der Waals surface area contributed by atoms with Crippen molar-refractivity contribution in [2.75, 3.05) is 7.11 Å². The third kappa shape index (κ3) is 6.18. The van der Waals surface area contributed by atoms with Crippen LogP contribution in [0, 0.1) is 3.57 Å². The Kier molecular flexibility index (Phi) is 7.21. The molecule has 138 valence electrons. The van der Waals surface area contributed by atoms with Crippen LogP contribution < -0.4 is 10.1 Å². The summed E-state index contributed by atoms with van der Waals surface area (Å²) in [4.78, 5) is 36.1. The highest BCUT2D eigenvalue weighted by atomic mass is 127. The molecule has 0 heterocycles. The van der Waals surface area contributed by atoms with Crippen molar-refractivity contribution in [3.63, 3.8) is 0 Å². The normalized spacial score (nSPS) is 13.5. The molecule has 0 fully saturated rings. The summed E-state index contributed by atoms with van der Waals surface area (Å²) in [6.07, 6.45) is 0. The van der Waals surface area contributed by atoms with Gasteiger partial charge in [0.15, 0.2) is 5.92 Å². The van der Waals surface area contributed by atoms with Gasteiger partial charge < -0.3 is 19.9 Å². The second kappa shape index (κ2) is 8.50. The van der Waals surface area contributed by atoms with Crippen LogP contribution in [0.2, 0.25) is 0 Å². The van der Waals surface area contributed by atoms with Gasteiger partial charge in [-0.25, -0.2) is 0 Å². The largest absolute Gasteiger partial charge is 0.496 e. The average Bonchev–Trinajstić information content (AvgIpc) is 2.45. The standard InChI is InChI=1S/C17H22INO6/c1-9(15(21)22)19-14(20)13(16(23)25-17(2,3)4)10-6-7-12(24-5)11(18)8-10/h6-9,13H,1-5H3,(H,19,20)(H,21,22)/t9?,13-/m0/s1.